The number of thiophene rings is 1. The molecule has 0 amide bonds. The van der Waals surface area contributed by atoms with Gasteiger partial charge in [-0.05, 0) is 75.3 Å². The van der Waals surface area contributed by atoms with Crippen LogP contribution in [0.15, 0.2) is 33.2 Å². The first kappa shape index (κ1) is 14.5. The van der Waals surface area contributed by atoms with Gasteiger partial charge in [0.05, 0.1) is 4.83 Å². The highest BCUT2D eigenvalue weighted by Crippen LogP contribution is 2.42. The van der Waals surface area contributed by atoms with Crippen molar-refractivity contribution in [2.75, 3.05) is 0 Å². The lowest BCUT2D eigenvalue weighted by Crippen LogP contribution is -1.94. The predicted molar refractivity (Wildman–Crippen MR) is 94.4 cm³/mol. The minimum absolute atomic E-state index is 0.236. The SMILES string of the molecule is Cc1cc(Br)c(C(Br)c2cc(Br)ccc2I)s1. The Morgan fingerprint density at radius 1 is 1.24 bits per heavy atom. The Labute approximate surface area is 144 Å². The molecule has 0 spiro atoms. The Hall–Kier alpha value is 1.09. The van der Waals surface area contributed by atoms with E-state index in [9.17, 15) is 0 Å². The zero-order chi connectivity index (χ0) is 12.6. The summed E-state index contributed by atoms with van der Waals surface area (Å²) in [5, 5.41) is 0. The standard InChI is InChI=1S/C12H8Br3IS/c1-6-4-9(14)12(17-6)11(15)8-5-7(13)2-3-10(8)16/h2-5,11H,1H3. The number of benzene rings is 1. The summed E-state index contributed by atoms with van der Waals surface area (Å²) in [6.45, 7) is 2.13. The molecule has 0 aliphatic heterocycles. The second kappa shape index (κ2) is 6.03. The van der Waals surface area contributed by atoms with E-state index >= 15 is 0 Å². The summed E-state index contributed by atoms with van der Waals surface area (Å²) in [4.78, 5) is 2.87. The third-order valence-electron chi connectivity index (χ3n) is 2.30. The molecule has 0 aliphatic carbocycles. The molecule has 0 bridgehead atoms. The summed E-state index contributed by atoms with van der Waals surface area (Å²) in [5.74, 6) is 0. The van der Waals surface area contributed by atoms with Gasteiger partial charge in [0, 0.05) is 22.3 Å². The lowest BCUT2D eigenvalue weighted by atomic mass is 10.1. The fourth-order valence-electron chi connectivity index (χ4n) is 1.52. The van der Waals surface area contributed by atoms with E-state index in [1.165, 1.54) is 23.4 Å². The molecule has 2 rings (SSSR count). The summed E-state index contributed by atoms with van der Waals surface area (Å²) < 4.78 is 3.56. The molecule has 90 valence electrons. The first-order chi connectivity index (χ1) is 7.99. The van der Waals surface area contributed by atoms with Crippen LogP contribution in [-0.2, 0) is 0 Å². The quantitative estimate of drug-likeness (QED) is 0.289. The molecule has 0 aliphatic rings. The van der Waals surface area contributed by atoms with Crippen molar-refractivity contribution >= 4 is 81.7 Å². The van der Waals surface area contributed by atoms with E-state index in [0.717, 1.165) is 4.47 Å². The van der Waals surface area contributed by atoms with Crippen LogP contribution in [0.3, 0.4) is 0 Å². The Morgan fingerprint density at radius 2 is 1.94 bits per heavy atom. The first-order valence-electron chi connectivity index (χ1n) is 4.84. The van der Waals surface area contributed by atoms with Gasteiger partial charge in [0.1, 0.15) is 0 Å². The first-order valence-corrected chi connectivity index (χ1v) is 9.23. The van der Waals surface area contributed by atoms with Gasteiger partial charge in [-0.3, -0.25) is 0 Å². The smallest absolute Gasteiger partial charge is 0.0760 e. The molecule has 0 saturated carbocycles. The fraction of sp³-hybridized carbons (Fsp3) is 0.167. The number of alkyl halides is 1. The number of hydrogen-bond donors (Lipinski definition) is 0. The summed E-state index contributed by atoms with van der Waals surface area (Å²) in [5.41, 5.74) is 1.29. The number of aryl methyl sites for hydroxylation is 1. The van der Waals surface area contributed by atoms with Gasteiger partial charge in [-0.25, -0.2) is 0 Å². The highest BCUT2D eigenvalue weighted by atomic mass is 127. The van der Waals surface area contributed by atoms with Crippen LogP contribution in [-0.4, -0.2) is 0 Å². The molecule has 2 aromatic rings. The molecule has 1 unspecified atom stereocenters. The summed E-state index contributed by atoms with van der Waals surface area (Å²) in [7, 11) is 0. The lowest BCUT2D eigenvalue weighted by molar-refractivity contribution is 1.19. The maximum atomic E-state index is 3.80. The molecule has 17 heavy (non-hydrogen) atoms. The molecule has 1 aromatic heterocycles. The maximum Gasteiger partial charge on any atom is 0.0760 e. The highest BCUT2D eigenvalue weighted by molar-refractivity contribution is 14.1. The second-order valence-corrected chi connectivity index (χ2v) is 8.73. The van der Waals surface area contributed by atoms with Gasteiger partial charge in [-0.15, -0.1) is 11.3 Å². The van der Waals surface area contributed by atoms with Crippen molar-refractivity contribution in [3.05, 3.63) is 52.1 Å². The molecule has 0 nitrogen and oxygen atoms in total. The van der Waals surface area contributed by atoms with Gasteiger partial charge in [0.2, 0.25) is 0 Å². The van der Waals surface area contributed by atoms with E-state index in [2.05, 4.69) is 102 Å². The summed E-state index contributed by atoms with van der Waals surface area (Å²) in [6, 6.07) is 8.53. The van der Waals surface area contributed by atoms with Crippen molar-refractivity contribution in [3.63, 3.8) is 0 Å². The van der Waals surface area contributed by atoms with Crippen molar-refractivity contribution in [3.8, 4) is 0 Å². The predicted octanol–water partition coefficient (Wildman–Crippen LogP) is 6.67. The molecule has 5 heteroatoms. The molecular weight excluding hydrogens is 543 g/mol. The molecule has 0 saturated heterocycles. The van der Waals surface area contributed by atoms with E-state index in [-0.39, 0.29) is 4.83 Å². The second-order valence-electron chi connectivity index (χ2n) is 3.60. The average Bonchev–Trinajstić information content (AvgIpc) is 2.60. The van der Waals surface area contributed by atoms with Crippen molar-refractivity contribution in [2.45, 2.75) is 11.8 Å². The van der Waals surface area contributed by atoms with Crippen LogP contribution < -0.4 is 0 Å². The maximum absolute atomic E-state index is 3.80. The number of hydrogen-bond acceptors (Lipinski definition) is 1. The van der Waals surface area contributed by atoms with E-state index in [1.54, 1.807) is 0 Å². The Morgan fingerprint density at radius 3 is 2.53 bits per heavy atom. The van der Waals surface area contributed by atoms with Crippen LogP contribution in [0.1, 0.15) is 20.1 Å². The average molecular weight is 551 g/mol. The third kappa shape index (κ3) is 3.35. The molecule has 0 fully saturated rings. The molecule has 0 radical (unpaired) electrons. The lowest BCUT2D eigenvalue weighted by Gasteiger charge is -2.12. The Bertz CT molecular complexity index is 551. The Kier molecular flexibility index (Phi) is 5.14. The van der Waals surface area contributed by atoms with Crippen LogP contribution in [0.5, 0.6) is 0 Å². The van der Waals surface area contributed by atoms with E-state index in [0.29, 0.717) is 0 Å². The molecule has 1 aromatic carbocycles. The largest absolute Gasteiger partial charge is 0.143 e. The topological polar surface area (TPSA) is 0 Å². The number of halogens is 4. The fourth-order valence-corrected chi connectivity index (χ4v) is 6.07. The van der Waals surface area contributed by atoms with Gasteiger partial charge in [-0.1, -0.05) is 31.9 Å². The summed E-state index contributed by atoms with van der Waals surface area (Å²) >= 11 is 15.1. The minimum atomic E-state index is 0.236. The summed E-state index contributed by atoms with van der Waals surface area (Å²) in [6.07, 6.45) is 0. The highest BCUT2D eigenvalue weighted by Gasteiger charge is 2.18. The zero-order valence-electron chi connectivity index (χ0n) is 8.81. The van der Waals surface area contributed by atoms with Gasteiger partial charge in [0.15, 0.2) is 0 Å². The van der Waals surface area contributed by atoms with Gasteiger partial charge in [-0.2, -0.15) is 0 Å². The van der Waals surface area contributed by atoms with Crippen molar-refractivity contribution in [1.82, 2.24) is 0 Å². The van der Waals surface area contributed by atoms with Gasteiger partial charge >= 0.3 is 0 Å². The van der Waals surface area contributed by atoms with Crippen LogP contribution in [0.25, 0.3) is 0 Å². The van der Waals surface area contributed by atoms with Crippen molar-refractivity contribution in [2.24, 2.45) is 0 Å². The molecule has 0 N–H and O–H groups in total. The normalized spacial score (nSPS) is 12.8. The minimum Gasteiger partial charge on any atom is -0.143 e. The third-order valence-corrected chi connectivity index (χ3v) is 7.06. The zero-order valence-corrected chi connectivity index (χ0v) is 16.5. The van der Waals surface area contributed by atoms with Crippen molar-refractivity contribution in [1.29, 1.82) is 0 Å². The monoisotopic (exact) mass is 548 g/mol. The van der Waals surface area contributed by atoms with Crippen LogP contribution in [0, 0.1) is 10.5 Å². The van der Waals surface area contributed by atoms with E-state index in [4.69, 9.17) is 0 Å². The van der Waals surface area contributed by atoms with E-state index < -0.39 is 0 Å². The van der Waals surface area contributed by atoms with Crippen LogP contribution >= 0.6 is 81.7 Å². The van der Waals surface area contributed by atoms with Crippen LogP contribution in [0.4, 0.5) is 0 Å². The van der Waals surface area contributed by atoms with Crippen molar-refractivity contribution < 1.29 is 0 Å². The Balaban J connectivity index is 2.46. The van der Waals surface area contributed by atoms with E-state index in [1.807, 2.05) is 11.3 Å². The molecular formula is C12H8Br3IS. The molecule has 1 atom stereocenters. The number of rotatable bonds is 2. The molecule has 1 heterocycles. The van der Waals surface area contributed by atoms with Crippen LogP contribution in [0.2, 0.25) is 0 Å². The van der Waals surface area contributed by atoms with Gasteiger partial charge in [0.25, 0.3) is 0 Å². The van der Waals surface area contributed by atoms with Gasteiger partial charge < -0.3 is 0 Å².